The third kappa shape index (κ3) is 9.83. The Balaban J connectivity index is 1.39. The lowest BCUT2D eigenvalue weighted by Gasteiger charge is -2.42. The lowest BCUT2D eigenvalue weighted by molar-refractivity contribution is 0.0781. The van der Waals surface area contributed by atoms with Crippen molar-refractivity contribution in [3.8, 4) is 0 Å². The fraction of sp³-hybridized carbons (Fsp3) is 1.00. The Hall–Kier alpha value is -0.0800. The zero-order chi connectivity index (χ0) is 23.1. The molecule has 1 unspecified atom stereocenters. The number of hydrogen-bond acceptors (Lipinski definition) is 2. The van der Waals surface area contributed by atoms with E-state index in [9.17, 15) is 0 Å². The Morgan fingerprint density at radius 3 is 1.55 bits per heavy atom. The Kier molecular flexibility index (Phi) is 13.8. The van der Waals surface area contributed by atoms with Crippen LogP contribution in [-0.2, 0) is 0 Å². The Morgan fingerprint density at radius 2 is 1.03 bits per heavy atom. The molecule has 33 heavy (non-hydrogen) atoms. The highest BCUT2D eigenvalue weighted by Crippen LogP contribution is 2.31. The molecule has 0 aromatic heterocycles. The molecule has 0 bridgehead atoms. The van der Waals surface area contributed by atoms with Gasteiger partial charge in [0.2, 0.25) is 0 Å². The molecule has 3 aliphatic rings. The topological polar surface area (TPSA) is 6.48 Å². The second-order valence-electron chi connectivity index (χ2n) is 12.1. The van der Waals surface area contributed by atoms with Gasteiger partial charge in [-0.05, 0) is 77.8 Å². The maximum Gasteiger partial charge on any atom is 0.00981 e. The second kappa shape index (κ2) is 16.6. The van der Waals surface area contributed by atoms with E-state index in [1.807, 2.05) is 0 Å². The molecule has 0 aromatic rings. The van der Waals surface area contributed by atoms with Gasteiger partial charge in [-0.3, -0.25) is 9.80 Å². The van der Waals surface area contributed by atoms with Gasteiger partial charge in [0.25, 0.3) is 0 Å². The SMILES string of the molecule is CCCCCC(C)N(CCCCCCN(C1CCCCC1)C1CCCCC1)C1CCCCC1. The molecule has 3 saturated carbocycles. The summed E-state index contributed by atoms with van der Waals surface area (Å²) in [5, 5.41) is 0. The molecule has 0 N–H and O–H groups in total. The molecule has 0 heterocycles. The van der Waals surface area contributed by atoms with E-state index in [0.717, 1.165) is 24.2 Å². The molecule has 0 amide bonds. The van der Waals surface area contributed by atoms with Crippen molar-refractivity contribution in [3.63, 3.8) is 0 Å². The zero-order valence-electron chi connectivity index (χ0n) is 22.9. The van der Waals surface area contributed by atoms with E-state index in [2.05, 4.69) is 23.6 Å². The van der Waals surface area contributed by atoms with Gasteiger partial charge >= 0.3 is 0 Å². The summed E-state index contributed by atoms with van der Waals surface area (Å²) in [4.78, 5) is 5.99. The molecule has 0 radical (unpaired) electrons. The molecular weight excluding hydrogens is 400 g/mol. The van der Waals surface area contributed by atoms with Crippen LogP contribution in [0.25, 0.3) is 0 Å². The zero-order valence-corrected chi connectivity index (χ0v) is 22.9. The summed E-state index contributed by atoms with van der Waals surface area (Å²) in [6.45, 7) is 7.64. The van der Waals surface area contributed by atoms with E-state index >= 15 is 0 Å². The fourth-order valence-corrected chi connectivity index (χ4v) is 7.46. The molecule has 3 aliphatic carbocycles. The van der Waals surface area contributed by atoms with Crippen molar-refractivity contribution in [2.75, 3.05) is 13.1 Å². The van der Waals surface area contributed by atoms with E-state index in [1.165, 1.54) is 161 Å². The van der Waals surface area contributed by atoms with Gasteiger partial charge in [-0.1, -0.05) is 96.8 Å². The van der Waals surface area contributed by atoms with Crippen molar-refractivity contribution >= 4 is 0 Å². The van der Waals surface area contributed by atoms with Gasteiger partial charge < -0.3 is 0 Å². The van der Waals surface area contributed by atoms with Crippen LogP contribution in [0.4, 0.5) is 0 Å². The summed E-state index contributed by atoms with van der Waals surface area (Å²) < 4.78 is 0. The van der Waals surface area contributed by atoms with Gasteiger partial charge in [-0.25, -0.2) is 0 Å². The fourth-order valence-electron chi connectivity index (χ4n) is 7.46. The van der Waals surface area contributed by atoms with Crippen LogP contribution in [0.15, 0.2) is 0 Å². The molecule has 3 fully saturated rings. The van der Waals surface area contributed by atoms with Crippen LogP contribution in [-0.4, -0.2) is 47.1 Å². The van der Waals surface area contributed by atoms with Crippen molar-refractivity contribution in [3.05, 3.63) is 0 Å². The summed E-state index contributed by atoms with van der Waals surface area (Å²) in [5.74, 6) is 0. The lowest BCUT2D eigenvalue weighted by atomic mass is 9.88. The number of rotatable bonds is 15. The first-order chi connectivity index (χ1) is 16.3. The van der Waals surface area contributed by atoms with Gasteiger partial charge in [-0.15, -0.1) is 0 Å². The first-order valence-electron chi connectivity index (χ1n) is 15.8. The van der Waals surface area contributed by atoms with E-state index in [1.54, 1.807) is 0 Å². The van der Waals surface area contributed by atoms with Crippen molar-refractivity contribution in [1.82, 2.24) is 9.80 Å². The summed E-state index contributed by atoms with van der Waals surface area (Å²) in [6.07, 6.45) is 33.7. The van der Waals surface area contributed by atoms with Crippen LogP contribution in [0.1, 0.15) is 162 Å². The van der Waals surface area contributed by atoms with Crippen LogP contribution in [0, 0.1) is 0 Å². The van der Waals surface area contributed by atoms with Crippen LogP contribution in [0.2, 0.25) is 0 Å². The molecule has 194 valence electrons. The predicted octanol–water partition coefficient (Wildman–Crippen LogP) is 9.12. The monoisotopic (exact) mass is 460 g/mol. The quantitative estimate of drug-likeness (QED) is 0.225. The average Bonchev–Trinajstić information content (AvgIpc) is 2.87. The smallest absolute Gasteiger partial charge is 0.00981 e. The van der Waals surface area contributed by atoms with Gasteiger partial charge in [0.15, 0.2) is 0 Å². The number of nitrogens with zero attached hydrogens (tertiary/aromatic N) is 2. The van der Waals surface area contributed by atoms with Crippen LogP contribution >= 0.6 is 0 Å². The highest BCUT2D eigenvalue weighted by molar-refractivity contribution is 4.84. The van der Waals surface area contributed by atoms with Gasteiger partial charge in [0.1, 0.15) is 0 Å². The minimum absolute atomic E-state index is 0.799. The van der Waals surface area contributed by atoms with E-state index < -0.39 is 0 Å². The molecule has 0 spiro atoms. The van der Waals surface area contributed by atoms with Gasteiger partial charge in [0, 0.05) is 24.2 Å². The van der Waals surface area contributed by atoms with E-state index in [0.29, 0.717) is 0 Å². The first kappa shape index (κ1) is 27.5. The van der Waals surface area contributed by atoms with Crippen molar-refractivity contribution < 1.29 is 0 Å². The van der Waals surface area contributed by atoms with Crippen LogP contribution < -0.4 is 0 Å². The Bertz CT molecular complexity index is 442. The second-order valence-corrected chi connectivity index (χ2v) is 12.1. The number of hydrogen-bond donors (Lipinski definition) is 0. The molecule has 2 heteroatoms. The van der Waals surface area contributed by atoms with E-state index in [-0.39, 0.29) is 0 Å². The first-order valence-corrected chi connectivity index (χ1v) is 15.8. The standard InChI is InChI=1S/C31H60N2/c1-3-4-10-19-28(2)32(29-20-11-7-12-21-29)26-17-5-6-18-27-33(30-22-13-8-14-23-30)31-24-15-9-16-25-31/h28-31H,3-27H2,1-2H3. The van der Waals surface area contributed by atoms with Gasteiger partial charge in [-0.2, -0.15) is 0 Å². The summed E-state index contributed by atoms with van der Waals surface area (Å²) in [5.41, 5.74) is 0. The molecule has 0 saturated heterocycles. The maximum atomic E-state index is 3.03. The Labute approximate surface area is 208 Å². The van der Waals surface area contributed by atoms with Crippen molar-refractivity contribution in [2.45, 2.75) is 186 Å². The third-order valence-electron chi connectivity index (χ3n) is 9.51. The van der Waals surface area contributed by atoms with Crippen LogP contribution in [0.3, 0.4) is 0 Å². The highest BCUT2D eigenvalue weighted by atomic mass is 15.2. The largest absolute Gasteiger partial charge is 0.298 e. The third-order valence-corrected chi connectivity index (χ3v) is 9.51. The minimum atomic E-state index is 0.799. The summed E-state index contributed by atoms with van der Waals surface area (Å²) in [7, 11) is 0. The van der Waals surface area contributed by atoms with Crippen molar-refractivity contribution in [2.24, 2.45) is 0 Å². The van der Waals surface area contributed by atoms with Crippen LogP contribution in [0.5, 0.6) is 0 Å². The predicted molar refractivity (Wildman–Crippen MR) is 146 cm³/mol. The highest BCUT2D eigenvalue weighted by Gasteiger charge is 2.28. The summed E-state index contributed by atoms with van der Waals surface area (Å²) >= 11 is 0. The average molecular weight is 461 g/mol. The molecule has 1 atom stereocenters. The van der Waals surface area contributed by atoms with E-state index in [4.69, 9.17) is 0 Å². The number of unbranched alkanes of at least 4 members (excludes halogenated alkanes) is 5. The Morgan fingerprint density at radius 1 is 0.545 bits per heavy atom. The molecule has 0 aromatic carbocycles. The van der Waals surface area contributed by atoms with Gasteiger partial charge in [0.05, 0.1) is 0 Å². The lowest BCUT2D eigenvalue weighted by Crippen LogP contribution is -2.45. The summed E-state index contributed by atoms with van der Waals surface area (Å²) in [6, 6.07) is 3.54. The minimum Gasteiger partial charge on any atom is -0.298 e. The van der Waals surface area contributed by atoms with Crippen molar-refractivity contribution in [1.29, 1.82) is 0 Å². The molecular formula is C31H60N2. The maximum absolute atomic E-state index is 3.03. The molecule has 3 rings (SSSR count). The molecule has 2 nitrogen and oxygen atoms in total. The molecule has 0 aliphatic heterocycles. The normalized spacial score (nSPS) is 22.9.